The van der Waals surface area contributed by atoms with Crippen LogP contribution in [0.2, 0.25) is 0 Å². The monoisotopic (exact) mass is 377 g/mol. The van der Waals surface area contributed by atoms with E-state index in [1.165, 1.54) is 0 Å². The Balaban J connectivity index is 1.83. The van der Waals surface area contributed by atoms with E-state index >= 15 is 0 Å². The Morgan fingerprint density at radius 1 is 1.39 bits per heavy atom. The van der Waals surface area contributed by atoms with Crippen LogP contribution in [0, 0.1) is 5.92 Å². The molecule has 2 aromatic heterocycles. The van der Waals surface area contributed by atoms with Crippen molar-refractivity contribution in [3.63, 3.8) is 0 Å². The van der Waals surface area contributed by atoms with Crippen molar-refractivity contribution in [2.24, 2.45) is 18.7 Å². The van der Waals surface area contributed by atoms with Crippen LogP contribution in [0.25, 0.3) is 16.9 Å². The number of fused-ring (bicyclic) bond motifs is 1. The van der Waals surface area contributed by atoms with E-state index in [4.69, 9.17) is 5.73 Å². The summed E-state index contributed by atoms with van der Waals surface area (Å²) < 4.78 is 4.51. The molecule has 2 unspecified atom stereocenters. The predicted octanol–water partition coefficient (Wildman–Crippen LogP) is 1.56. The maximum atomic E-state index is 6.38. The van der Waals surface area contributed by atoms with Gasteiger partial charge in [0.2, 0.25) is 0 Å². The Bertz CT molecular complexity index is 784. The van der Waals surface area contributed by atoms with Crippen LogP contribution in [0.5, 0.6) is 0 Å². The van der Waals surface area contributed by atoms with Gasteiger partial charge in [0.15, 0.2) is 0 Å². The van der Waals surface area contributed by atoms with E-state index < -0.39 is 0 Å². The summed E-state index contributed by atoms with van der Waals surface area (Å²) in [6, 6.07) is 0. The highest BCUT2D eigenvalue weighted by Gasteiger charge is 2.44. The summed E-state index contributed by atoms with van der Waals surface area (Å²) in [5.41, 5.74) is 8.17. The molecule has 0 aliphatic carbocycles. The van der Waals surface area contributed by atoms with Gasteiger partial charge >= 0.3 is 0 Å². The third-order valence-corrected chi connectivity index (χ3v) is 6.18. The van der Waals surface area contributed by atoms with Gasteiger partial charge in [-0.3, -0.25) is 4.68 Å². The second kappa shape index (κ2) is 5.10. The van der Waals surface area contributed by atoms with Crippen molar-refractivity contribution in [2.75, 3.05) is 18.4 Å². The standard InChI is InChI=1S/C15H20BrN7/c1-15(10-3-4-18-6-10)12(16)13(17)23-14(21-15)11(7-20-23)9-5-19-22(2)8-9/h5,7-8,10,18,21H,3-4,6,17H2,1-2H3. The van der Waals surface area contributed by atoms with Crippen LogP contribution in [0.4, 0.5) is 5.82 Å². The van der Waals surface area contributed by atoms with Gasteiger partial charge in [0.25, 0.3) is 0 Å². The molecule has 8 heteroatoms. The molecule has 1 fully saturated rings. The van der Waals surface area contributed by atoms with E-state index in [1.54, 1.807) is 9.36 Å². The van der Waals surface area contributed by atoms with Gasteiger partial charge in [-0.2, -0.15) is 10.2 Å². The number of hydrogen-bond donors (Lipinski definition) is 3. The average molecular weight is 378 g/mol. The number of nitrogens with zero attached hydrogens (tertiary/aromatic N) is 4. The van der Waals surface area contributed by atoms with Crippen molar-refractivity contribution >= 4 is 27.6 Å². The topological polar surface area (TPSA) is 85.7 Å². The highest BCUT2D eigenvalue weighted by atomic mass is 79.9. The van der Waals surface area contributed by atoms with E-state index in [0.717, 1.165) is 40.9 Å². The van der Waals surface area contributed by atoms with Gasteiger partial charge in [-0.15, -0.1) is 0 Å². The normalized spacial score (nSPS) is 27.2. The molecule has 0 aromatic carbocycles. The van der Waals surface area contributed by atoms with Gasteiger partial charge in [0, 0.05) is 36.8 Å². The highest BCUT2D eigenvalue weighted by Crippen LogP contribution is 2.44. The molecule has 122 valence electrons. The molecule has 1 saturated heterocycles. The summed E-state index contributed by atoms with van der Waals surface area (Å²) in [5, 5.41) is 15.8. The number of halogens is 1. The minimum atomic E-state index is -0.249. The lowest BCUT2D eigenvalue weighted by Gasteiger charge is -2.41. The molecule has 4 N–H and O–H groups in total. The first kappa shape index (κ1) is 14.8. The van der Waals surface area contributed by atoms with Crippen LogP contribution >= 0.6 is 15.9 Å². The Hall–Kier alpha value is -1.80. The van der Waals surface area contributed by atoms with Crippen LogP contribution in [0.15, 0.2) is 23.1 Å². The lowest BCUT2D eigenvalue weighted by molar-refractivity contribution is 0.405. The number of nitrogens with one attached hydrogen (secondary N) is 2. The molecular weight excluding hydrogens is 358 g/mol. The summed E-state index contributed by atoms with van der Waals surface area (Å²) in [6.45, 7) is 4.21. The lowest BCUT2D eigenvalue weighted by Crippen LogP contribution is -2.48. The zero-order valence-electron chi connectivity index (χ0n) is 13.2. The SMILES string of the molecule is Cn1cc(-c2cnn3c2NC(C)(C2CCNC2)C(Br)=C3N)cn1. The number of aromatic nitrogens is 4. The van der Waals surface area contributed by atoms with E-state index in [0.29, 0.717) is 11.7 Å². The Morgan fingerprint density at radius 3 is 2.87 bits per heavy atom. The van der Waals surface area contributed by atoms with Gasteiger partial charge in [-0.25, -0.2) is 4.68 Å². The van der Waals surface area contributed by atoms with E-state index in [-0.39, 0.29) is 5.54 Å². The van der Waals surface area contributed by atoms with Crippen LogP contribution < -0.4 is 16.4 Å². The molecule has 0 radical (unpaired) electrons. The van der Waals surface area contributed by atoms with Crippen molar-refractivity contribution in [3.05, 3.63) is 23.1 Å². The number of aryl methyl sites for hydroxylation is 1. The van der Waals surface area contributed by atoms with Gasteiger partial charge < -0.3 is 16.4 Å². The zero-order valence-corrected chi connectivity index (χ0v) is 14.8. The van der Waals surface area contributed by atoms with Gasteiger partial charge in [0.05, 0.1) is 22.4 Å². The zero-order chi connectivity index (χ0) is 16.2. The largest absolute Gasteiger partial charge is 0.383 e. The Labute approximate surface area is 143 Å². The average Bonchev–Trinajstić information content (AvgIpc) is 3.24. The second-order valence-corrected chi connectivity index (χ2v) is 7.23. The molecule has 23 heavy (non-hydrogen) atoms. The van der Waals surface area contributed by atoms with Gasteiger partial charge in [-0.05, 0) is 35.8 Å². The molecule has 2 aliphatic heterocycles. The van der Waals surface area contributed by atoms with Crippen LogP contribution in [-0.4, -0.2) is 38.2 Å². The molecule has 2 atom stereocenters. The maximum absolute atomic E-state index is 6.38. The van der Waals surface area contributed by atoms with Crippen molar-refractivity contribution in [1.29, 1.82) is 0 Å². The predicted molar refractivity (Wildman–Crippen MR) is 93.8 cm³/mol. The van der Waals surface area contributed by atoms with Crippen molar-refractivity contribution in [2.45, 2.75) is 18.9 Å². The van der Waals surface area contributed by atoms with Crippen molar-refractivity contribution < 1.29 is 0 Å². The smallest absolute Gasteiger partial charge is 0.140 e. The summed E-state index contributed by atoms with van der Waals surface area (Å²) in [7, 11) is 1.91. The number of nitrogens with two attached hydrogens (primary N) is 1. The molecule has 7 nitrogen and oxygen atoms in total. The molecule has 0 spiro atoms. The number of hydrogen-bond acceptors (Lipinski definition) is 5. The van der Waals surface area contributed by atoms with Crippen molar-refractivity contribution in [1.82, 2.24) is 24.9 Å². The minimum absolute atomic E-state index is 0.249. The summed E-state index contributed by atoms with van der Waals surface area (Å²) >= 11 is 3.71. The fraction of sp³-hybridized carbons (Fsp3) is 0.467. The first-order chi connectivity index (χ1) is 11.0. The first-order valence-electron chi connectivity index (χ1n) is 7.72. The highest BCUT2D eigenvalue weighted by molar-refractivity contribution is 9.12. The maximum Gasteiger partial charge on any atom is 0.140 e. The quantitative estimate of drug-likeness (QED) is 0.739. The second-order valence-electron chi connectivity index (χ2n) is 6.44. The molecule has 0 bridgehead atoms. The molecule has 4 rings (SSSR count). The summed E-state index contributed by atoms with van der Waals surface area (Å²) in [4.78, 5) is 0. The van der Waals surface area contributed by atoms with Crippen LogP contribution in [0.1, 0.15) is 13.3 Å². The van der Waals surface area contributed by atoms with Gasteiger partial charge in [-0.1, -0.05) is 0 Å². The third-order valence-electron chi connectivity index (χ3n) is 4.95. The minimum Gasteiger partial charge on any atom is -0.383 e. The van der Waals surface area contributed by atoms with E-state index in [2.05, 4.69) is 43.7 Å². The van der Waals surface area contributed by atoms with E-state index in [9.17, 15) is 0 Å². The fourth-order valence-electron chi connectivity index (χ4n) is 3.51. The first-order valence-corrected chi connectivity index (χ1v) is 8.52. The molecule has 2 aromatic rings. The van der Waals surface area contributed by atoms with Gasteiger partial charge in [0.1, 0.15) is 11.6 Å². The summed E-state index contributed by atoms with van der Waals surface area (Å²) in [6.07, 6.45) is 6.78. The summed E-state index contributed by atoms with van der Waals surface area (Å²) in [5.74, 6) is 2.03. The molecule has 2 aliphatic rings. The molecule has 0 saturated carbocycles. The number of anilines is 1. The van der Waals surface area contributed by atoms with Crippen LogP contribution in [-0.2, 0) is 7.05 Å². The molecular formula is C15H20BrN7. The molecule has 4 heterocycles. The Kier molecular flexibility index (Phi) is 3.28. The van der Waals surface area contributed by atoms with Crippen molar-refractivity contribution in [3.8, 4) is 11.1 Å². The fourth-order valence-corrected chi connectivity index (χ4v) is 4.10. The number of rotatable bonds is 2. The third kappa shape index (κ3) is 2.12. The Morgan fingerprint density at radius 2 is 2.22 bits per heavy atom. The van der Waals surface area contributed by atoms with Crippen LogP contribution in [0.3, 0.4) is 0 Å². The van der Waals surface area contributed by atoms with E-state index in [1.807, 2.05) is 25.6 Å². The molecule has 0 amide bonds. The lowest BCUT2D eigenvalue weighted by atomic mass is 9.83.